The van der Waals surface area contributed by atoms with Crippen LogP contribution in [0.25, 0.3) is 0 Å². The van der Waals surface area contributed by atoms with Crippen molar-refractivity contribution in [2.75, 3.05) is 0 Å². The van der Waals surface area contributed by atoms with Gasteiger partial charge in [-0.2, -0.15) is 0 Å². The Balaban J connectivity index is 3.08. The molecule has 0 amide bonds. The molecule has 0 nitrogen and oxygen atoms in total. The molecule has 0 bridgehead atoms. The zero-order valence-corrected chi connectivity index (χ0v) is 4.87. The Hall–Kier alpha value is -0.330. The van der Waals surface area contributed by atoms with E-state index in [9.17, 15) is 4.39 Å². The van der Waals surface area contributed by atoms with Gasteiger partial charge in [-0.05, 0) is 13.3 Å². The number of rotatable bonds is 2. The van der Waals surface area contributed by atoms with Gasteiger partial charge < -0.3 is 0 Å². The predicted molar refractivity (Wildman–Crippen MR) is 29.8 cm³/mol. The lowest BCUT2D eigenvalue weighted by molar-refractivity contribution is 0.632. The van der Waals surface area contributed by atoms with Crippen molar-refractivity contribution in [1.29, 1.82) is 0 Å². The number of halogens is 1. The summed E-state index contributed by atoms with van der Waals surface area (Å²) in [6.07, 6.45) is 3.49. The van der Waals surface area contributed by atoms with Crippen molar-refractivity contribution in [3.63, 3.8) is 0 Å². The standard InChI is InChI=1S/C6H11F/c1-3-4-5-6(2)7/h5H,3-4H2,1-2H3/b6-5+. The first kappa shape index (κ1) is 6.67. The van der Waals surface area contributed by atoms with Gasteiger partial charge in [0.25, 0.3) is 0 Å². The van der Waals surface area contributed by atoms with Crippen molar-refractivity contribution in [2.45, 2.75) is 26.7 Å². The van der Waals surface area contributed by atoms with Crippen LogP contribution in [0.1, 0.15) is 26.7 Å². The summed E-state index contributed by atoms with van der Waals surface area (Å²) in [7, 11) is 0. The summed E-state index contributed by atoms with van der Waals surface area (Å²) in [5, 5.41) is 0. The van der Waals surface area contributed by atoms with Gasteiger partial charge in [0.05, 0.1) is 5.83 Å². The summed E-state index contributed by atoms with van der Waals surface area (Å²) in [6, 6.07) is 0. The van der Waals surface area contributed by atoms with Crippen LogP contribution in [0.2, 0.25) is 0 Å². The molecule has 42 valence electrons. The Kier molecular flexibility index (Phi) is 3.67. The molecule has 0 saturated heterocycles. The van der Waals surface area contributed by atoms with E-state index in [-0.39, 0.29) is 5.83 Å². The van der Waals surface area contributed by atoms with Gasteiger partial charge in [0, 0.05) is 0 Å². The van der Waals surface area contributed by atoms with E-state index in [4.69, 9.17) is 0 Å². The minimum Gasteiger partial charge on any atom is -0.212 e. The third-order valence-electron chi connectivity index (χ3n) is 0.714. The van der Waals surface area contributed by atoms with Gasteiger partial charge >= 0.3 is 0 Å². The third-order valence-corrected chi connectivity index (χ3v) is 0.714. The Morgan fingerprint density at radius 2 is 2.29 bits per heavy atom. The molecular weight excluding hydrogens is 91.1 g/mol. The molecule has 0 aliphatic rings. The maximum Gasteiger partial charge on any atom is 0.0928 e. The van der Waals surface area contributed by atoms with Crippen molar-refractivity contribution in [3.05, 3.63) is 11.9 Å². The number of hydrogen-bond donors (Lipinski definition) is 0. The maximum absolute atomic E-state index is 11.7. The van der Waals surface area contributed by atoms with E-state index in [1.54, 1.807) is 6.08 Å². The lowest BCUT2D eigenvalue weighted by atomic mass is 10.3. The van der Waals surface area contributed by atoms with E-state index in [2.05, 4.69) is 0 Å². The minimum atomic E-state index is -0.0677. The highest BCUT2D eigenvalue weighted by Crippen LogP contribution is 1.96. The second-order valence-electron chi connectivity index (χ2n) is 1.58. The average molecular weight is 102 g/mol. The molecule has 1 heteroatoms. The molecule has 7 heavy (non-hydrogen) atoms. The summed E-state index contributed by atoms with van der Waals surface area (Å²) in [5.74, 6) is -0.0677. The fourth-order valence-corrected chi connectivity index (χ4v) is 0.343. The van der Waals surface area contributed by atoms with Gasteiger partial charge in [0.1, 0.15) is 0 Å². The molecule has 0 aromatic heterocycles. The lowest BCUT2D eigenvalue weighted by Gasteiger charge is -1.81. The summed E-state index contributed by atoms with van der Waals surface area (Å²) in [5.41, 5.74) is 0. The Morgan fingerprint density at radius 1 is 1.71 bits per heavy atom. The van der Waals surface area contributed by atoms with Gasteiger partial charge in [0.15, 0.2) is 0 Å². The van der Waals surface area contributed by atoms with Gasteiger partial charge in [0.2, 0.25) is 0 Å². The number of hydrogen-bond acceptors (Lipinski definition) is 0. The number of allylic oxidation sites excluding steroid dienone is 2. The van der Waals surface area contributed by atoms with E-state index in [1.807, 2.05) is 6.92 Å². The molecule has 0 radical (unpaired) electrons. The molecule has 0 aromatic carbocycles. The molecular formula is C6H11F. The topological polar surface area (TPSA) is 0 Å². The van der Waals surface area contributed by atoms with Gasteiger partial charge in [-0.25, -0.2) is 4.39 Å². The van der Waals surface area contributed by atoms with Crippen molar-refractivity contribution in [3.8, 4) is 0 Å². The lowest BCUT2D eigenvalue weighted by Crippen LogP contribution is -1.62. The molecule has 0 heterocycles. The van der Waals surface area contributed by atoms with Crippen LogP contribution in [0, 0.1) is 0 Å². The second-order valence-corrected chi connectivity index (χ2v) is 1.58. The van der Waals surface area contributed by atoms with E-state index in [1.165, 1.54) is 6.92 Å². The fraction of sp³-hybridized carbons (Fsp3) is 0.667. The minimum absolute atomic E-state index is 0.0677. The van der Waals surface area contributed by atoms with Crippen molar-refractivity contribution < 1.29 is 4.39 Å². The zero-order valence-electron chi connectivity index (χ0n) is 4.87. The van der Waals surface area contributed by atoms with Crippen LogP contribution in [-0.4, -0.2) is 0 Å². The quantitative estimate of drug-likeness (QED) is 0.502. The summed E-state index contributed by atoms with van der Waals surface area (Å²) >= 11 is 0. The molecule has 0 atom stereocenters. The Morgan fingerprint density at radius 3 is 2.43 bits per heavy atom. The molecule has 0 rings (SSSR count). The Labute approximate surface area is 44.0 Å². The molecule has 0 aliphatic carbocycles. The van der Waals surface area contributed by atoms with Crippen LogP contribution in [0.15, 0.2) is 11.9 Å². The van der Waals surface area contributed by atoms with Crippen LogP contribution in [0.5, 0.6) is 0 Å². The second kappa shape index (κ2) is 3.85. The highest BCUT2D eigenvalue weighted by Gasteiger charge is 1.77. The molecule has 0 unspecified atom stereocenters. The molecule has 0 aromatic rings. The summed E-state index contributed by atoms with van der Waals surface area (Å²) in [6.45, 7) is 3.50. The van der Waals surface area contributed by atoms with Crippen molar-refractivity contribution >= 4 is 0 Å². The van der Waals surface area contributed by atoms with Crippen molar-refractivity contribution in [1.82, 2.24) is 0 Å². The van der Waals surface area contributed by atoms with E-state index in [0.717, 1.165) is 12.8 Å². The molecule has 0 spiro atoms. The predicted octanol–water partition coefficient (Wildman–Crippen LogP) is 2.66. The molecule has 0 aliphatic heterocycles. The van der Waals surface area contributed by atoms with Crippen LogP contribution >= 0.6 is 0 Å². The van der Waals surface area contributed by atoms with Crippen LogP contribution < -0.4 is 0 Å². The fourth-order valence-electron chi connectivity index (χ4n) is 0.343. The van der Waals surface area contributed by atoms with Crippen LogP contribution in [0.4, 0.5) is 4.39 Å². The first-order valence-electron chi connectivity index (χ1n) is 2.59. The zero-order chi connectivity index (χ0) is 5.70. The maximum atomic E-state index is 11.7. The summed E-state index contributed by atoms with van der Waals surface area (Å²) in [4.78, 5) is 0. The van der Waals surface area contributed by atoms with E-state index < -0.39 is 0 Å². The van der Waals surface area contributed by atoms with E-state index in [0.29, 0.717) is 0 Å². The highest BCUT2D eigenvalue weighted by atomic mass is 19.1. The first-order chi connectivity index (χ1) is 3.27. The van der Waals surface area contributed by atoms with Crippen LogP contribution in [0.3, 0.4) is 0 Å². The SMILES string of the molecule is CCC/C=C(\C)F. The smallest absolute Gasteiger partial charge is 0.0928 e. The average Bonchev–Trinajstić information content (AvgIpc) is 1.61. The molecule has 0 N–H and O–H groups in total. The van der Waals surface area contributed by atoms with Crippen LogP contribution in [-0.2, 0) is 0 Å². The number of unbranched alkanes of at least 4 members (excludes halogenated alkanes) is 1. The van der Waals surface area contributed by atoms with Gasteiger partial charge in [-0.1, -0.05) is 19.4 Å². The largest absolute Gasteiger partial charge is 0.212 e. The van der Waals surface area contributed by atoms with Gasteiger partial charge in [-0.15, -0.1) is 0 Å². The van der Waals surface area contributed by atoms with Gasteiger partial charge in [-0.3, -0.25) is 0 Å². The molecule has 0 fully saturated rings. The molecule has 0 saturated carbocycles. The first-order valence-corrected chi connectivity index (χ1v) is 2.59. The van der Waals surface area contributed by atoms with Crippen molar-refractivity contribution in [2.24, 2.45) is 0 Å². The third kappa shape index (κ3) is 5.67. The normalized spacial score (nSPS) is 12.1. The van der Waals surface area contributed by atoms with E-state index >= 15 is 0 Å². The monoisotopic (exact) mass is 102 g/mol. The highest BCUT2D eigenvalue weighted by molar-refractivity contribution is 4.85. The Bertz CT molecular complexity index is 60.6. The summed E-state index contributed by atoms with van der Waals surface area (Å²) < 4.78 is 11.7.